The minimum absolute atomic E-state index is 0.164. The van der Waals surface area contributed by atoms with Crippen LogP contribution in [-0.4, -0.2) is 0 Å². The molecule has 0 aliphatic heterocycles. The first-order chi connectivity index (χ1) is 26.1. The number of rotatable bonds is 3. The van der Waals surface area contributed by atoms with E-state index in [-0.39, 0.29) is 5.41 Å². The van der Waals surface area contributed by atoms with Crippen LogP contribution in [0.1, 0.15) is 25.0 Å². The number of benzene rings is 10. The first kappa shape index (κ1) is 30.2. The van der Waals surface area contributed by atoms with Gasteiger partial charge in [-0.15, -0.1) is 0 Å². The molecule has 0 saturated heterocycles. The third-order valence-electron chi connectivity index (χ3n) is 12.0. The average Bonchev–Trinajstić information content (AvgIpc) is 3.46. The fraction of sp³-hybridized carbons (Fsp3) is 0.0566. The quantitative estimate of drug-likeness (QED) is 0.129. The topological polar surface area (TPSA) is 0 Å². The normalized spacial score (nSPS) is 13.2. The van der Waals surface area contributed by atoms with Crippen molar-refractivity contribution in [1.82, 2.24) is 0 Å². The van der Waals surface area contributed by atoms with E-state index in [4.69, 9.17) is 0 Å². The Morgan fingerprint density at radius 2 is 0.811 bits per heavy atom. The van der Waals surface area contributed by atoms with E-state index in [9.17, 15) is 0 Å². The molecule has 11 rings (SSSR count). The molecule has 10 aromatic rings. The zero-order valence-electron chi connectivity index (χ0n) is 29.8. The zero-order valence-corrected chi connectivity index (χ0v) is 29.8. The van der Waals surface area contributed by atoms with Gasteiger partial charge in [-0.3, -0.25) is 0 Å². The maximum atomic E-state index is 2.41. The van der Waals surface area contributed by atoms with Gasteiger partial charge < -0.3 is 0 Å². The van der Waals surface area contributed by atoms with Crippen LogP contribution in [0.4, 0.5) is 0 Å². The highest BCUT2D eigenvalue weighted by Crippen LogP contribution is 2.56. The van der Waals surface area contributed by atoms with E-state index in [1.807, 2.05) is 0 Å². The fourth-order valence-corrected chi connectivity index (χ4v) is 9.72. The highest BCUT2D eigenvalue weighted by atomic mass is 14.4. The van der Waals surface area contributed by atoms with Gasteiger partial charge in [-0.05, 0) is 122 Å². The lowest BCUT2D eigenvalue weighted by molar-refractivity contribution is 0.663. The standard InChI is InChI=1S/C53H36/c1-53(2)48-30-29-33-15-3-6-20-38(33)51(48)46-28-14-27-45(52(46)53)50-43-25-11-9-23-41(43)49(42-24-10-12-26-44(42)50)36-18-13-17-34(31-36)47-32-35-16-4-5-19-37(35)39-21-7-8-22-40(39)47/h3-32H,1-2H3. The smallest absolute Gasteiger partial charge is 0.0165 e. The number of hydrogen-bond donors (Lipinski definition) is 0. The van der Waals surface area contributed by atoms with Crippen molar-refractivity contribution in [2.24, 2.45) is 0 Å². The third-order valence-corrected chi connectivity index (χ3v) is 12.0. The molecule has 53 heavy (non-hydrogen) atoms. The van der Waals surface area contributed by atoms with Crippen LogP contribution in [0.25, 0.3) is 98.4 Å². The second-order valence-corrected chi connectivity index (χ2v) is 15.2. The van der Waals surface area contributed by atoms with Crippen molar-refractivity contribution in [2.45, 2.75) is 19.3 Å². The molecule has 0 unspecified atom stereocenters. The molecule has 248 valence electrons. The molecule has 0 bridgehead atoms. The summed E-state index contributed by atoms with van der Waals surface area (Å²) in [5.41, 5.74) is 13.0. The van der Waals surface area contributed by atoms with E-state index in [1.165, 1.54) is 109 Å². The zero-order chi connectivity index (χ0) is 35.3. The predicted octanol–water partition coefficient (Wildman–Crippen LogP) is 14.8. The second kappa shape index (κ2) is 11.2. The summed E-state index contributed by atoms with van der Waals surface area (Å²) in [6.45, 7) is 4.83. The van der Waals surface area contributed by atoms with Crippen LogP contribution in [0.5, 0.6) is 0 Å². The van der Waals surface area contributed by atoms with Gasteiger partial charge in [0.2, 0.25) is 0 Å². The molecule has 0 radical (unpaired) electrons. The summed E-state index contributed by atoms with van der Waals surface area (Å²) in [5.74, 6) is 0. The maximum Gasteiger partial charge on any atom is 0.0165 e. The van der Waals surface area contributed by atoms with Gasteiger partial charge in [-0.1, -0.05) is 184 Å². The van der Waals surface area contributed by atoms with Gasteiger partial charge in [0.15, 0.2) is 0 Å². The van der Waals surface area contributed by atoms with Crippen molar-refractivity contribution in [2.75, 3.05) is 0 Å². The molecular formula is C53H36. The molecule has 10 aromatic carbocycles. The van der Waals surface area contributed by atoms with Crippen LogP contribution in [0.15, 0.2) is 182 Å². The molecule has 0 aromatic heterocycles. The van der Waals surface area contributed by atoms with E-state index >= 15 is 0 Å². The monoisotopic (exact) mass is 672 g/mol. The molecule has 0 heterocycles. The molecular weight excluding hydrogens is 637 g/mol. The van der Waals surface area contributed by atoms with Crippen LogP contribution in [0.2, 0.25) is 0 Å². The van der Waals surface area contributed by atoms with E-state index in [2.05, 4.69) is 196 Å². The molecule has 0 spiro atoms. The van der Waals surface area contributed by atoms with E-state index < -0.39 is 0 Å². The van der Waals surface area contributed by atoms with Gasteiger partial charge in [0.05, 0.1) is 0 Å². The Hall–Kier alpha value is -6.50. The lowest BCUT2D eigenvalue weighted by atomic mass is 9.76. The van der Waals surface area contributed by atoms with Crippen LogP contribution in [0.3, 0.4) is 0 Å². The maximum absolute atomic E-state index is 2.41. The molecule has 1 aliphatic carbocycles. The van der Waals surface area contributed by atoms with Crippen molar-refractivity contribution < 1.29 is 0 Å². The van der Waals surface area contributed by atoms with Gasteiger partial charge in [-0.25, -0.2) is 0 Å². The lowest BCUT2D eigenvalue weighted by Crippen LogP contribution is -2.16. The third kappa shape index (κ3) is 4.30. The fourth-order valence-electron chi connectivity index (χ4n) is 9.72. The second-order valence-electron chi connectivity index (χ2n) is 15.2. The highest BCUT2D eigenvalue weighted by molar-refractivity contribution is 6.23. The molecule has 0 N–H and O–H groups in total. The number of fused-ring (bicyclic) bond motifs is 10. The van der Waals surface area contributed by atoms with Crippen molar-refractivity contribution >= 4 is 53.9 Å². The van der Waals surface area contributed by atoms with Gasteiger partial charge in [0, 0.05) is 5.41 Å². The van der Waals surface area contributed by atoms with Crippen molar-refractivity contribution in [3.63, 3.8) is 0 Å². The van der Waals surface area contributed by atoms with Gasteiger partial charge in [-0.2, -0.15) is 0 Å². The van der Waals surface area contributed by atoms with Crippen molar-refractivity contribution in [3.05, 3.63) is 193 Å². The van der Waals surface area contributed by atoms with Crippen LogP contribution in [-0.2, 0) is 5.41 Å². The minimum Gasteiger partial charge on any atom is -0.0616 e. The molecule has 0 heteroatoms. The average molecular weight is 673 g/mol. The SMILES string of the molecule is CC1(C)c2ccc3ccccc3c2-c2cccc(-c3c4ccccc4c(-c4cccc(-c5cc6ccccc6c6ccccc56)c4)c4ccccc34)c21. The predicted molar refractivity (Wildman–Crippen MR) is 228 cm³/mol. The molecule has 0 fully saturated rings. The summed E-state index contributed by atoms with van der Waals surface area (Å²) in [5, 5.41) is 12.9. The van der Waals surface area contributed by atoms with E-state index in [0.717, 1.165) is 0 Å². The summed E-state index contributed by atoms with van der Waals surface area (Å²) >= 11 is 0. The Bertz CT molecular complexity index is 3080. The Morgan fingerprint density at radius 3 is 1.51 bits per heavy atom. The molecule has 0 saturated carbocycles. The first-order valence-corrected chi connectivity index (χ1v) is 18.7. The van der Waals surface area contributed by atoms with Crippen LogP contribution >= 0.6 is 0 Å². The molecule has 0 nitrogen and oxygen atoms in total. The summed E-state index contributed by atoms with van der Waals surface area (Å²) in [6.07, 6.45) is 0. The lowest BCUT2D eigenvalue weighted by Gasteiger charge is -2.26. The summed E-state index contributed by atoms with van der Waals surface area (Å²) in [7, 11) is 0. The van der Waals surface area contributed by atoms with E-state index in [0.29, 0.717) is 0 Å². The molecule has 0 amide bonds. The minimum atomic E-state index is -0.164. The van der Waals surface area contributed by atoms with Gasteiger partial charge in [0.1, 0.15) is 0 Å². The Balaban J connectivity index is 1.18. The van der Waals surface area contributed by atoms with Crippen molar-refractivity contribution in [1.29, 1.82) is 0 Å². The number of hydrogen-bond acceptors (Lipinski definition) is 0. The summed E-state index contributed by atoms with van der Waals surface area (Å²) in [4.78, 5) is 0. The van der Waals surface area contributed by atoms with Crippen LogP contribution < -0.4 is 0 Å². The Morgan fingerprint density at radius 1 is 0.302 bits per heavy atom. The Labute approximate surface area is 309 Å². The first-order valence-electron chi connectivity index (χ1n) is 18.7. The van der Waals surface area contributed by atoms with Gasteiger partial charge >= 0.3 is 0 Å². The van der Waals surface area contributed by atoms with E-state index in [1.54, 1.807) is 0 Å². The van der Waals surface area contributed by atoms with Crippen molar-refractivity contribution in [3.8, 4) is 44.5 Å². The summed E-state index contributed by atoms with van der Waals surface area (Å²) in [6, 6.07) is 67.8. The largest absolute Gasteiger partial charge is 0.0616 e. The van der Waals surface area contributed by atoms with Crippen LogP contribution in [0, 0.1) is 0 Å². The van der Waals surface area contributed by atoms with Gasteiger partial charge in [0.25, 0.3) is 0 Å². The molecule has 1 aliphatic rings. The highest BCUT2D eigenvalue weighted by Gasteiger charge is 2.39. The Kier molecular flexibility index (Phi) is 6.40. The molecule has 0 atom stereocenters. The summed E-state index contributed by atoms with van der Waals surface area (Å²) < 4.78 is 0.